The fraction of sp³-hybridized carbons (Fsp3) is 0.222. The molecule has 25 heavy (non-hydrogen) atoms. The minimum Gasteiger partial charge on any atom is -0.408 e. The average molecular weight is 340 g/mol. The molecule has 0 atom stereocenters. The fourth-order valence-electron chi connectivity index (χ4n) is 2.81. The Bertz CT molecular complexity index is 969. The molecule has 4 rings (SSSR count). The van der Waals surface area contributed by atoms with Crippen molar-refractivity contribution in [2.45, 2.75) is 12.7 Å². The van der Waals surface area contributed by atoms with Crippen molar-refractivity contribution in [2.24, 2.45) is 0 Å². The van der Waals surface area contributed by atoms with Crippen LogP contribution >= 0.6 is 0 Å². The first-order chi connectivity index (χ1) is 12.2. The molecule has 1 fully saturated rings. The lowest BCUT2D eigenvalue weighted by molar-refractivity contribution is -0.115. The number of oxazole rings is 1. The first-order valence-electron chi connectivity index (χ1n) is 7.92. The highest BCUT2D eigenvalue weighted by molar-refractivity contribution is 5.92. The number of amides is 1. The summed E-state index contributed by atoms with van der Waals surface area (Å²) in [5.74, 6) is -0.666. The van der Waals surface area contributed by atoms with Gasteiger partial charge in [-0.1, -0.05) is 18.2 Å². The number of carbonyl (C=O) groups excluding carboxylic acids is 1. The van der Waals surface area contributed by atoms with E-state index in [4.69, 9.17) is 13.9 Å². The fourth-order valence-corrected chi connectivity index (χ4v) is 2.81. The molecule has 2 heterocycles. The topological polar surface area (TPSA) is 93.6 Å². The van der Waals surface area contributed by atoms with E-state index in [2.05, 4.69) is 10.3 Å². The quantitative estimate of drug-likeness (QED) is 0.760. The summed E-state index contributed by atoms with van der Waals surface area (Å²) >= 11 is 0. The summed E-state index contributed by atoms with van der Waals surface area (Å²) in [6.45, 7) is 1.14. The molecule has 1 amide bonds. The van der Waals surface area contributed by atoms with Crippen LogP contribution in [0.4, 0.5) is 5.69 Å². The number of aromatic nitrogens is 1. The molecule has 0 unspecified atom stereocenters. The summed E-state index contributed by atoms with van der Waals surface area (Å²) in [5, 5.41) is 2.86. The van der Waals surface area contributed by atoms with Crippen molar-refractivity contribution in [3.05, 3.63) is 64.1 Å². The first-order valence-corrected chi connectivity index (χ1v) is 7.92. The number of aromatic amines is 1. The molecular weight excluding hydrogens is 324 g/mol. The van der Waals surface area contributed by atoms with Gasteiger partial charge in [0.05, 0.1) is 25.2 Å². The standard InChI is InChI=1S/C18H16N2O5/c21-16(9-11-4-5-15-14(8-11)20-18(22)25-15)19-13-3-1-2-12(10-13)17-23-6-7-24-17/h1-5,8,10,17H,6-7,9H2,(H,19,21)(H,20,22). The summed E-state index contributed by atoms with van der Waals surface area (Å²) in [6.07, 6.45) is -0.193. The lowest BCUT2D eigenvalue weighted by Gasteiger charge is -2.11. The van der Waals surface area contributed by atoms with Crippen LogP contribution < -0.4 is 11.1 Å². The van der Waals surface area contributed by atoms with E-state index in [1.54, 1.807) is 18.2 Å². The minimum absolute atomic E-state index is 0.157. The molecule has 0 saturated carbocycles. The third-order valence-electron chi connectivity index (χ3n) is 3.91. The van der Waals surface area contributed by atoms with Crippen LogP contribution in [0.3, 0.4) is 0 Å². The van der Waals surface area contributed by atoms with Gasteiger partial charge in [-0.25, -0.2) is 4.79 Å². The predicted molar refractivity (Wildman–Crippen MR) is 90.3 cm³/mol. The van der Waals surface area contributed by atoms with E-state index in [1.807, 2.05) is 24.3 Å². The van der Waals surface area contributed by atoms with Crippen LogP contribution in [0.25, 0.3) is 11.1 Å². The van der Waals surface area contributed by atoms with E-state index < -0.39 is 5.76 Å². The van der Waals surface area contributed by atoms with Crippen LogP contribution in [0.1, 0.15) is 17.4 Å². The molecule has 7 nitrogen and oxygen atoms in total. The van der Waals surface area contributed by atoms with Crippen LogP contribution in [-0.4, -0.2) is 24.1 Å². The molecular formula is C18H16N2O5. The molecule has 128 valence electrons. The lowest BCUT2D eigenvalue weighted by atomic mass is 10.1. The van der Waals surface area contributed by atoms with Gasteiger partial charge >= 0.3 is 5.76 Å². The number of fused-ring (bicyclic) bond motifs is 1. The van der Waals surface area contributed by atoms with E-state index in [1.165, 1.54) is 0 Å². The highest BCUT2D eigenvalue weighted by Gasteiger charge is 2.18. The van der Waals surface area contributed by atoms with Crippen molar-refractivity contribution < 1.29 is 18.7 Å². The largest absolute Gasteiger partial charge is 0.417 e. The molecule has 0 spiro atoms. The second kappa shape index (κ2) is 6.54. The molecule has 0 aliphatic carbocycles. The summed E-state index contributed by atoms with van der Waals surface area (Å²) in [4.78, 5) is 26.0. The summed E-state index contributed by atoms with van der Waals surface area (Å²) < 4.78 is 15.9. The number of hydrogen-bond acceptors (Lipinski definition) is 5. The number of H-pyrrole nitrogens is 1. The van der Waals surface area contributed by atoms with Crippen molar-refractivity contribution in [1.29, 1.82) is 0 Å². The van der Waals surface area contributed by atoms with Gasteiger partial charge in [0.1, 0.15) is 0 Å². The van der Waals surface area contributed by atoms with Crippen LogP contribution in [-0.2, 0) is 20.7 Å². The van der Waals surface area contributed by atoms with Gasteiger partial charge < -0.3 is 19.2 Å². The molecule has 7 heteroatoms. The summed E-state index contributed by atoms with van der Waals surface area (Å²) in [6, 6.07) is 12.6. The third kappa shape index (κ3) is 3.47. The third-order valence-corrected chi connectivity index (χ3v) is 3.91. The van der Waals surface area contributed by atoms with E-state index in [-0.39, 0.29) is 18.6 Å². The Hall–Kier alpha value is -2.90. The van der Waals surface area contributed by atoms with Crippen LogP contribution in [0.5, 0.6) is 0 Å². The Labute approximate surface area is 142 Å². The number of hydrogen-bond donors (Lipinski definition) is 2. The number of anilines is 1. The van der Waals surface area contributed by atoms with Gasteiger partial charge in [0.25, 0.3) is 0 Å². The number of nitrogens with one attached hydrogen (secondary N) is 2. The second-order valence-corrected chi connectivity index (χ2v) is 5.77. The predicted octanol–water partition coefficient (Wildman–Crippen LogP) is 2.35. The van der Waals surface area contributed by atoms with E-state index in [0.717, 1.165) is 11.1 Å². The average Bonchev–Trinajstić information content (AvgIpc) is 3.23. The molecule has 2 N–H and O–H groups in total. The molecule has 1 saturated heterocycles. The van der Waals surface area contributed by atoms with Gasteiger partial charge in [-0.3, -0.25) is 9.78 Å². The molecule has 2 aromatic carbocycles. The monoisotopic (exact) mass is 340 g/mol. The van der Waals surface area contributed by atoms with E-state index >= 15 is 0 Å². The van der Waals surface area contributed by atoms with Crippen molar-refractivity contribution in [3.63, 3.8) is 0 Å². The van der Waals surface area contributed by atoms with Crippen LogP contribution in [0, 0.1) is 0 Å². The summed E-state index contributed by atoms with van der Waals surface area (Å²) in [7, 11) is 0. The van der Waals surface area contributed by atoms with Crippen molar-refractivity contribution in [1.82, 2.24) is 4.98 Å². The molecule has 0 bridgehead atoms. The molecule has 3 aromatic rings. The molecule has 1 aliphatic heterocycles. The normalized spacial score (nSPS) is 14.9. The smallest absolute Gasteiger partial charge is 0.408 e. The maximum atomic E-state index is 12.3. The number of ether oxygens (including phenoxy) is 2. The molecule has 0 radical (unpaired) electrons. The number of carbonyl (C=O) groups is 1. The lowest BCUT2D eigenvalue weighted by Crippen LogP contribution is -2.14. The second-order valence-electron chi connectivity index (χ2n) is 5.77. The number of benzene rings is 2. The van der Waals surface area contributed by atoms with Gasteiger partial charge in [0.2, 0.25) is 5.91 Å². The summed E-state index contributed by atoms with van der Waals surface area (Å²) in [5.41, 5.74) is 3.37. The van der Waals surface area contributed by atoms with Gasteiger partial charge in [0, 0.05) is 11.3 Å². The maximum Gasteiger partial charge on any atom is 0.417 e. The first kappa shape index (κ1) is 15.6. The van der Waals surface area contributed by atoms with Gasteiger partial charge in [0.15, 0.2) is 11.9 Å². The Kier molecular flexibility index (Phi) is 4.09. The van der Waals surface area contributed by atoms with E-state index in [9.17, 15) is 9.59 Å². The zero-order chi connectivity index (χ0) is 17.2. The van der Waals surface area contributed by atoms with Crippen molar-refractivity contribution in [2.75, 3.05) is 18.5 Å². The Morgan fingerprint density at radius 2 is 2.00 bits per heavy atom. The molecule has 1 aliphatic rings. The van der Waals surface area contributed by atoms with Crippen molar-refractivity contribution in [3.8, 4) is 0 Å². The molecule has 1 aromatic heterocycles. The van der Waals surface area contributed by atoms with Crippen molar-refractivity contribution >= 4 is 22.7 Å². The van der Waals surface area contributed by atoms with Crippen LogP contribution in [0.2, 0.25) is 0 Å². The van der Waals surface area contributed by atoms with Gasteiger partial charge in [-0.2, -0.15) is 0 Å². The highest BCUT2D eigenvalue weighted by atomic mass is 16.7. The van der Waals surface area contributed by atoms with Gasteiger partial charge in [-0.15, -0.1) is 0 Å². The Morgan fingerprint density at radius 1 is 1.16 bits per heavy atom. The van der Waals surface area contributed by atoms with Gasteiger partial charge in [-0.05, 0) is 29.8 Å². The van der Waals surface area contributed by atoms with Crippen LogP contribution in [0.15, 0.2) is 51.7 Å². The zero-order valence-electron chi connectivity index (χ0n) is 13.3. The Morgan fingerprint density at radius 3 is 2.84 bits per heavy atom. The van der Waals surface area contributed by atoms with E-state index in [0.29, 0.717) is 30.0 Å². The zero-order valence-corrected chi connectivity index (χ0v) is 13.3. The SMILES string of the molecule is O=C(Cc1ccc2oc(=O)[nH]c2c1)Nc1cccc(C2OCCO2)c1. The minimum atomic E-state index is -0.509. The maximum absolute atomic E-state index is 12.3. The Balaban J connectivity index is 1.45. The number of rotatable bonds is 4. The highest BCUT2D eigenvalue weighted by Crippen LogP contribution is 2.25.